The van der Waals surface area contributed by atoms with Gasteiger partial charge in [-0.15, -0.1) is 0 Å². The number of hydrogen-bond acceptors (Lipinski definition) is 9. The minimum Gasteiger partial charge on any atom is -0.495 e. The number of nitrogens with one attached hydrogen (secondary N) is 2. The number of aryl methyl sites for hydroxylation is 1. The highest BCUT2D eigenvalue weighted by Crippen LogP contribution is 2.41. The standard InChI is InChI=1S/C37H48BrN8OP/c1-6-24-21-33(46-15-13-26(14-16-46)45-19-17-44(2)18-20-45)34(47-3)22-32(24)42-37-39-23-28(38)36(43-37)41-31-12-11-30-27(35(31)48(4)5)9-10-29(40-30)25-7-8-25/h9-12,21-23,25-26H,6-8,13-20H2,1-5H3,(H2,39,41,42,43). The predicted octanol–water partition coefficient (Wildman–Crippen LogP) is 7.31. The fraction of sp³-hybridized carbons (Fsp3) is 0.486. The van der Waals surface area contributed by atoms with E-state index in [4.69, 9.17) is 14.7 Å². The van der Waals surface area contributed by atoms with Crippen LogP contribution in [0.25, 0.3) is 10.9 Å². The molecule has 9 nitrogen and oxygen atoms in total. The predicted molar refractivity (Wildman–Crippen MR) is 205 cm³/mol. The molecule has 11 heteroatoms. The second kappa shape index (κ2) is 14.4. The fourth-order valence-electron chi connectivity index (χ4n) is 7.25. The Labute approximate surface area is 294 Å². The summed E-state index contributed by atoms with van der Waals surface area (Å²) in [7, 11) is 3.59. The summed E-state index contributed by atoms with van der Waals surface area (Å²) in [4.78, 5) is 22.2. The van der Waals surface area contributed by atoms with Gasteiger partial charge >= 0.3 is 0 Å². The van der Waals surface area contributed by atoms with Crippen LogP contribution in [0, 0.1) is 0 Å². The van der Waals surface area contributed by atoms with Crippen molar-refractivity contribution in [3.05, 3.63) is 58.3 Å². The Hall–Kier alpha value is -3.04. The third-order valence-electron chi connectivity index (χ3n) is 10.2. The van der Waals surface area contributed by atoms with Crippen molar-refractivity contribution in [3.63, 3.8) is 0 Å². The van der Waals surface area contributed by atoms with Gasteiger partial charge in [0, 0.05) is 91.3 Å². The molecule has 2 aromatic carbocycles. The smallest absolute Gasteiger partial charge is 0.229 e. The van der Waals surface area contributed by atoms with E-state index >= 15 is 0 Å². The molecule has 0 bridgehead atoms. The second-order valence-corrected chi connectivity index (χ2v) is 16.8. The van der Waals surface area contributed by atoms with Crippen molar-refractivity contribution in [1.82, 2.24) is 24.8 Å². The van der Waals surface area contributed by atoms with Crippen molar-refractivity contribution in [1.29, 1.82) is 0 Å². The lowest BCUT2D eigenvalue weighted by Gasteiger charge is -2.42. The SMILES string of the molecule is CCc1cc(N2CCC(N3CCN(C)CC3)CC2)c(OC)cc1Nc1ncc(Br)c(Nc2ccc3nc(C4CC4)ccc3c2P(C)C)n1. The number of pyridine rings is 1. The molecule has 2 saturated heterocycles. The monoisotopic (exact) mass is 730 g/mol. The molecule has 7 rings (SSSR count). The Bertz CT molecular complexity index is 1770. The summed E-state index contributed by atoms with van der Waals surface area (Å²) < 4.78 is 6.79. The van der Waals surface area contributed by atoms with E-state index in [0.29, 0.717) is 17.9 Å². The Morgan fingerprint density at radius 2 is 1.69 bits per heavy atom. The van der Waals surface area contributed by atoms with Gasteiger partial charge in [0.05, 0.1) is 22.8 Å². The number of methoxy groups -OCH3 is 1. The molecule has 3 fully saturated rings. The molecular weight excluding hydrogens is 683 g/mol. The third kappa shape index (κ3) is 7.14. The highest BCUT2D eigenvalue weighted by atomic mass is 79.9. The minimum absolute atomic E-state index is 0.407. The van der Waals surface area contributed by atoms with Gasteiger partial charge in [-0.1, -0.05) is 20.9 Å². The van der Waals surface area contributed by atoms with Crippen molar-refractivity contribution in [2.45, 2.75) is 51.0 Å². The summed E-state index contributed by atoms with van der Waals surface area (Å²) in [6.45, 7) is 13.6. The Kier molecular flexibility index (Phi) is 10.1. The lowest BCUT2D eigenvalue weighted by molar-refractivity contribution is 0.0981. The van der Waals surface area contributed by atoms with Gasteiger partial charge in [-0.2, -0.15) is 4.98 Å². The number of likely N-dealkylation sites (N-methyl/N-ethyl adjacent to an activating group) is 1. The molecule has 1 aliphatic carbocycles. The first-order valence-electron chi connectivity index (χ1n) is 17.4. The molecule has 1 saturated carbocycles. The number of piperidine rings is 1. The molecule has 0 atom stereocenters. The van der Waals surface area contributed by atoms with Crippen LogP contribution in [0.4, 0.5) is 28.8 Å². The number of fused-ring (bicyclic) bond motifs is 1. The van der Waals surface area contributed by atoms with Gasteiger partial charge in [-0.3, -0.25) is 9.88 Å². The van der Waals surface area contributed by atoms with Crippen molar-refractivity contribution < 1.29 is 4.74 Å². The molecule has 2 aliphatic heterocycles. The molecule has 0 unspecified atom stereocenters. The molecule has 4 heterocycles. The lowest BCUT2D eigenvalue weighted by atomic mass is 10.0. The average Bonchev–Trinajstić information content (AvgIpc) is 3.95. The Morgan fingerprint density at radius 1 is 0.917 bits per heavy atom. The molecule has 2 aromatic heterocycles. The minimum atomic E-state index is -0.407. The van der Waals surface area contributed by atoms with Crippen LogP contribution in [0.2, 0.25) is 0 Å². The normalized spacial score (nSPS) is 18.1. The zero-order valence-corrected chi connectivity index (χ0v) is 31.4. The molecule has 0 spiro atoms. The number of aromatic nitrogens is 3. The number of rotatable bonds is 10. The van der Waals surface area contributed by atoms with Crippen LogP contribution < -0.4 is 25.6 Å². The van der Waals surface area contributed by atoms with Crippen LogP contribution >= 0.6 is 23.9 Å². The van der Waals surface area contributed by atoms with Crippen LogP contribution in [-0.2, 0) is 6.42 Å². The van der Waals surface area contributed by atoms with Gasteiger partial charge in [-0.05, 0) is 98.2 Å². The van der Waals surface area contributed by atoms with Crippen LogP contribution in [0.15, 0.2) is 47.1 Å². The summed E-state index contributed by atoms with van der Waals surface area (Å²) >= 11 is 3.70. The number of benzene rings is 2. The molecule has 0 amide bonds. The first kappa shape index (κ1) is 33.5. The number of hydrogen-bond donors (Lipinski definition) is 2. The maximum atomic E-state index is 5.99. The van der Waals surface area contributed by atoms with Gasteiger partial charge in [0.15, 0.2) is 0 Å². The molecule has 2 N–H and O–H groups in total. The summed E-state index contributed by atoms with van der Waals surface area (Å²) in [5, 5.41) is 9.68. The number of nitrogens with zero attached hydrogens (tertiary/aromatic N) is 6. The van der Waals surface area contributed by atoms with E-state index in [1.807, 2.05) is 6.20 Å². The van der Waals surface area contributed by atoms with E-state index in [1.54, 1.807) is 7.11 Å². The molecule has 0 radical (unpaired) electrons. The quantitative estimate of drug-likeness (QED) is 0.163. The third-order valence-corrected chi connectivity index (χ3v) is 12.2. The maximum Gasteiger partial charge on any atom is 0.229 e. The van der Waals surface area contributed by atoms with Crippen molar-refractivity contribution in [3.8, 4) is 5.75 Å². The Balaban J connectivity index is 1.10. The zero-order valence-electron chi connectivity index (χ0n) is 28.9. The first-order valence-corrected chi connectivity index (χ1v) is 20.4. The van der Waals surface area contributed by atoms with Crippen LogP contribution in [-0.4, -0.2) is 97.5 Å². The van der Waals surface area contributed by atoms with Crippen molar-refractivity contribution in [2.24, 2.45) is 0 Å². The summed E-state index contributed by atoms with van der Waals surface area (Å²) in [5.41, 5.74) is 6.71. The number of ether oxygens (including phenoxy) is 1. The van der Waals surface area contributed by atoms with Gasteiger partial charge in [0.1, 0.15) is 11.6 Å². The van der Waals surface area contributed by atoms with E-state index < -0.39 is 7.92 Å². The van der Waals surface area contributed by atoms with Crippen LogP contribution in [0.1, 0.15) is 49.8 Å². The maximum absolute atomic E-state index is 5.99. The number of anilines is 5. The van der Waals surface area contributed by atoms with Gasteiger partial charge in [-0.25, -0.2) is 4.98 Å². The topological polar surface area (TPSA) is 81.7 Å². The van der Waals surface area contributed by atoms with E-state index in [2.05, 4.69) is 110 Å². The van der Waals surface area contributed by atoms with Crippen LogP contribution in [0.3, 0.4) is 0 Å². The highest BCUT2D eigenvalue weighted by molar-refractivity contribution is 9.10. The summed E-state index contributed by atoms with van der Waals surface area (Å²) in [6, 6.07) is 13.9. The van der Waals surface area contributed by atoms with E-state index in [1.165, 1.54) is 79.5 Å². The molecule has 254 valence electrons. The molecule has 4 aromatic rings. The number of piperazine rings is 1. The second-order valence-electron chi connectivity index (χ2n) is 13.7. The first-order chi connectivity index (χ1) is 23.3. The molecular formula is C37H48BrN8OP. The van der Waals surface area contributed by atoms with E-state index in [9.17, 15) is 0 Å². The molecule has 48 heavy (non-hydrogen) atoms. The largest absolute Gasteiger partial charge is 0.495 e. The van der Waals surface area contributed by atoms with Crippen molar-refractivity contribution >= 4 is 68.9 Å². The summed E-state index contributed by atoms with van der Waals surface area (Å²) in [5.74, 6) is 2.77. The highest BCUT2D eigenvalue weighted by Gasteiger charge is 2.29. The molecule has 3 aliphatic rings. The average molecular weight is 732 g/mol. The van der Waals surface area contributed by atoms with Crippen LogP contribution in [0.5, 0.6) is 5.75 Å². The number of halogens is 1. The fourth-order valence-corrected chi connectivity index (χ4v) is 8.82. The van der Waals surface area contributed by atoms with E-state index in [0.717, 1.165) is 52.4 Å². The van der Waals surface area contributed by atoms with Gasteiger partial charge in [0.2, 0.25) is 5.95 Å². The van der Waals surface area contributed by atoms with Gasteiger partial charge in [0.25, 0.3) is 0 Å². The summed E-state index contributed by atoms with van der Waals surface area (Å²) in [6.07, 6.45) is 7.57. The lowest BCUT2D eigenvalue weighted by Crippen LogP contribution is -2.52. The Morgan fingerprint density at radius 3 is 2.38 bits per heavy atom. The van der Waals surface area contributed by atoms with E-state index in [-0.39, 0.29) is 0 Å². The van der Waals surface area contributed by atoms with Gasteiger partial charge < -0.3 is 25.2 Å². The zero-order chi connectivity index (χ0) is 33.4. The van der Waals surface area contributed by atoms with Crippen molar-refractivity contribution in [2.75, 3.05) is 82.3 Å².